The Kier molecular flexibility index (Phi) is 6.79. The molecule has 8 heteroatoms. The zero-order chi connectivity index (χ0) is 23.8. The fourth-order valence-electron chi connectivity index (χ4n) is 5.12. The van der Waals surface area contributed by atoms with Gasteiger partial charge in [0.2, 0.25) is 0 Å². The average Bonchev–Trinajstić information content (AvgIpc) is 3.25. The number of carbonyl (C=O) groups excluding carboxylic acids is 2. The van der Waals surface area contributed by atoms with Crippen LogP contribution in [0.25, 0.3) is 0 Å². The van der Waals surface area contributed by atoms with Crippen LogP contribution in [0.3, 0.4) is 0 Å². The van der Waals surface area contributed by atoms with E-state index in [1.807, 2.05) is 39.0 Å². The molecule has 4 aliphatic rings. The van der Waals surface area contributed by atoms with Crippen molar-refractivity contribution in [2.24, 2.45) is 11.8 Å². The van der Waals surface area contributed by atoms with Crippen LogP contribution in [0, 0.1) is 11.8 Å². The van der Waals surface area contributed by atoms with Gasteiger partial charge in [0.1, 0.15) is 18.1 Å². The molecule has 1 amide bonds. The lowest BCUT2D eigenvalue weighted by Crippen LogP contribution is -2.55. The van der Waals surface area contributed by atoms with Gasteiger partial charge in [0.05, 0.1) is 36.5 Å². The number of rotatable bonds is 5. The number of hydrogen-bond donors (Lipinski definition) is 1. The minimum atomic E-state index is -0.598. The maximum atomic E-state index is 13.0. The second kappa shape index (κ2) is 9.44. The number of esters is 1. The zero-order valence-electron chi connectivity index (χ0n) is 19.5. The minimum absolute atomic E-state index is 0.0909. The molecule has 1 N–H and O–H groups in total. The summed E-state index contributed by atoms with van der Waals surface area (Å²) in [6.07, 6.45) is 9.50. The first-order valence-electron chi connectivity index (χ1n) is 11.5. The largest absolute Gasteiger partial charge is 0.461 e. The molecule has 8 atom stereocenters. The van der Waals surface area contributed by atoms with Gasteiger partial charge in [-0.1, -0.05) is 30.4 Å². The predicted octanol–water partition coefficient (Wildman–Crippen LogP) is 2.37. The summed E-state index contributed by atoms with van der Waals surface area (Å²) >= 11 is 0. The molecule has 0 saturated carbocycles. The molecule has 0 aromatic carbocycles. The maximum absolute atomic E-state index is 13.0. The van der Waals surface area contributed by atoms with Crippen molar-refractivity contribution < 1.29 is 28.5 Å². The Bertz CT molecular complexity index is 846. The van der Waals surface area contributed by atoms with Crippen LogP contribution in [0.4, 0.5) is 4.79 Å². The van der Waals surface area contributed by atoms with Gasteiger partial charge in [0.25, 0.3) is 0 Å². The molecular weight excluding hydrogens is 424 g/mol. The van der Waals surface area contributed by atoms with Crippen molar-refractivity contribution >= 4 is 12.1 Å². The van der Waals surface area contributed by atoms with E-state index in [1.54, 1.807) is 23.1 Å². The molecule has 2 saturated heterocycles. The van der Waals surface area contributed by atoms with Crippen molar-refractivity contribution in [1.82, 2.24) is 10.2 Å². The highest BCUT2D eigenvalue weighted by Gasteiger charge is 2.51. The molecular formula is C25H34N2O6. The molecule has 0 unspecified atom stereocenters. The third kappa shape index (κ3) is 4.78. The Morgan fingerprint density at radius 2 is 1.88 bits per heavy atom. The number of ether oxygens (including phenoxy) is 4. The number of nitrogens with zero attached hydrogens (tertiary/aromatic N) is 1. The van der Waals surface area contributed by atoms with E-state index in [1.165, 1.54) is 0 Å². The van der Waals surface area contributed by atoms with Crippen LogP contribution in [0.15, 0.2) is 49.6 Å². The van der Waals surface area contributed by atoms with E-state index in [0.717, 1.165) is 0 Å². The van der Waals surface area contributed by atoms with Crippen molar-refractivity contribution in [3.8, 4) is 0 Å². The van der Waals surface area contributed by atoms with Crippen LogP contribution in [0.2, 0.25) is 0 Å². The number of fused-ring (bicyclic) bond motifs is 2. The number of hydrogen-bond acceptors (Lipinski definition) is 7. The number of cyclic esters (lactones) is 1. The van der Waals surface area contributed by atoms with Crippen LogP contribution in [0.1, 0.15) is 20.8 Å². The third-order valence-electron chi connectivity index (χ3n) is 6.51. The molecule has 0 aromatic rings. The fraction of sp³-hybridized carbons (Fsp3) is 0.600. The molecule has 0 radical (unpaired) electrons. The average molecular weight is 459 g/mol. The van der Waals surface area contributed by atoms with Crippen LogP contribution in [-0.4, -0.2) is 78.8 Å². The second-order valence-electron chi connectivity index (χ2n) is 9.84. The number of carbonyl (C=O) groups is 2. The molecule has 180 valence electrons. The van der Waals surface area contributed by atoms with Crippen molar-refractivity contribution in [3.63, 3.8) is 0 Å². The lowest BCUT2D eigenvalue weighted by atomic mass is 9.88. The van der Waals surface area contributed by atoms with Gasteiger partial charge in [-0.05, 0) is 26.8 Å². The van der Waals surface area contributed by atoms with E-state index in [2.05, 4.69) is 18.5 Å². The van der Waals surface area contributed by atoms with E-state index < -0.39 is 11.5 Å². The highest BCUT2D eigenvalue weighted by Crippen LogP contribution is 2.37. The molecule has 8 nitrogen and oxygen atoms in total. The topological polar surface area (TPSA) is 86.3 Å². The highest BCUT2D eigenvalue weighted by molar-refractivity contribution is 5.75. The first-order chi connectivity index (χ1) is 15.7. The van der Waals surface area contributed by atoms with E-state index in [9.17, 15) is 9.59 Å². The molecule has 2 fully saturated rings. The SMILES string of the molecule is C=C[C@@H]1O[C@@H]2C=CCN(C(=O)OC(C)(C)C)[C@H]2[C@@H]1CN[C@H]1[C@@H]2C(=O)OCC=C[C@@H]2O[C@@H]1C=C. The Hall–Kier alpha value is -2.42. The minimum Gasteiger partial charge on any atom is -0.461 e. The molecule has 0 spiro atoms. The van der Waals surface area contributed by atoms with E-state index >= 15 is 0 Å². The van der Waals surface area contributed by atoms with Crippen LogP contribution in [0.5, 0.6) is 0 Å². The second-order valence-corrected chi connectivity index (χ2v) is 9.84. The summed E-state index contributed by atoms with van der Waals surface area (Å²) in [7, 11) is 0. The lowest BCUT2D eigenvalue weighted by molar-refractivity contribution is -0.148. The quantitative estimate of drug-likeness (QED) is 0.500. The smallest absolute Gasteiger partial charge is 0.410 e. The first-order valence-corrected chi connectivity index (χ1v) is 11.5. The van der Waals surface area contributed by atoms with Crippen LogP contribution >= 0.6 is 0 Å². The lowest BCUT2D eigenvalue weighted by Gasteiger charge is -2.38. The highest BCUT2D eigenvalue weighted by atomic mass is 16.6. The van der Waals surface area contributed by atoms with Gasteiger partial charge in [0, 0.05) is 19.0 Å². The molecule has 4 aliphatic heterocycles. The van der Waals surface area contributed by atoms with Gasteiger partial charge in [-0.2, -0.15) is 0 Å². The van der Waals surface area contributed by atoms with E-state index in [0.29, 0.717) is 13.1 Å². The van der Waals surface area contributed by atoms with Gasteiger partial charge in [0.15, 0.2) is 0 Å². The molecule has 4 rings (SSSR count). The molecule has 0 bridgehead atoms. The van der Waals surface area contributed by atoms with E-state index in [-0.39, 0.29) is 61.1 Å². The first kappa shape index (κ1) is 23.7. The van der Waals surface area contributed by atoms with Crippen LogP contribution in [-0.2, 0) is 23.7 Å². The Morgan fingerprint density at radius 1 is 1.18 bits per heavy atom. The Morgan fingerprint density at radius 3 is 2.58 bits per heavy atom. The molecule has 4 heterocycles. The van der Waals surface area contributed by atoms with Gasteiger partial charge < -0.3 is 24.3 Å². The predicted molar refractivity (Wildman–Crippen MR) is 122 cm³/mol. The van der Waals surface area contributed by atoms with Crippen LogP contribution < -0.4 is 5.32 Å². The van der Waals surface area contributed by atoms with Gasteiger partial charge in [-0.15, -0.1) is 13.2 Å². The van der Waals surface area contributed by atoms with Crippen molar-refractivity contribution in [3.05, 3.63) is 49.6 Å². The third-order valence-corrected chi connectivity index (χ3v) is 6.51. The Balaban J connectivity index is 1.54. The summed E-state index contributed by atoms with van der Waals surface area (Å²) in [5, 5.41) is 3.53. The summed E-state index contributed by atoms with van der Waals surface area (Å²) in [6, 6.07) is -0.525. The Labute approximate surface area is 195 Å². The molecule has 33 heavy (non-hydrogen) atoms. The van der Waals surface area contributed by atoms with Gasteiger partial charge >= 0.3 is 12.1 Å². The normalized spacial score (nSPS) is 37.7. The maximum Gasteiger partial charge on any atom is 0.410 e. The zero-order valence-corrected chi connectivity index (χ0v) is 19.5. The number of nitrogens with one attached hydrogen (secondary N) is 1. The van der Waals surface area contributed by atoms with Crippen molar-refractivity contribution in [2.75, 3.05) is 19.7 Å². The summed E-state index contributed by atoms with van der Waals surface area (Å²) in [4.78, 5) is 27.4. The summed E-state index contributed by atoms with van der Waals surface area (Å²) in [5.74, 6) is -0.851. The standard InChI is InChI=1S/C25H34N2O6/c1-6-16-15(22-19(31-16)10-8-12-27(22)24(29)33-25(3,4)5)14-26-21-17(7-2)32-18-11-9-13-30-23(28)20(18)21/h6-11,15-22,26H,1-2,12-14H2,3-5H3/t15-,16+,17-,18+,19-,20-,21-,22+/m1/s1. The summed E-state index contributed by atoms with van der Waals surface area (Å²) in [6.45, 7) is 14.6. The molecule has 0 aliphatic carbocycles. The molecule has 0 aromatic heterocycles. The van der Waals surface area contributed by atoms with E-state index in [4.69, 9.17) is 18.9 Å². The van der Waals surface area contributed by atoms with Crippen molar-refractivity contribution in [2.45, 2.75) is 62.9 Å². The summed E-state index contributed by atoms with van der Waals surface area (Å²) < 4.78 is 23.3. The van der Waals surface area contributed by atoms with Gasteiger partial charge in [-0.3, -0.25) is 9.69 Å². The fourth-order valence-corrected chi connectivity index (χ4v) is 5.12. The number of amides is 1. The van der Waals surface area contributed by atoms with Crippen molar-refractivity contribution in [1.29, 1.82) is 0 Å². The summed E-state index contributed by atoms with van der Waals surface area (Å²) in [5.41, 5.74) is -0.598. The van der Waals surface area contributed by atoms with Gasteiger partial charge in [-0.25, -0.2) is 4.79 Å². The monoisotopic (exact) mass is 458 g/mol.